The van der Waals surface area contributed by atoms with Crippen molar-refractivity contribution in [2.75, 3.05) is 19.8 Å². The molecule has 0 spiro atoms. The number of hydrogen-bond donors (Lipinski definition) is 1. The summed E-state index contributed by atoms with van der Waals surface area (Å²) in [6.07, 6.45) is 1.03. The van der Waals surface area contributed by atoms with Crippen molar-refractivity contribution in [3.8, 4) is 16.2 Å². The van der Waals surface area contributed by atoms with Gasteiger partial charge in [-0.1, -0.05) is 12.1 Å². The fourth-order valence-electron chi connectivity index (χ4n) is 2.56. The Morgan fingerprint density at radius 3 is 2.95 bits per heavy atom. The highest BCUT2D eigenvalue weighted by Crippen LogP contribution is 2.38. The van der Waals surface area contributed by atoms with Gasteiger partial charge in [-0.25, -0.2) is 4.79 Å². The van der Waals surface area contributed by atoms with E-state index in [0.29, 0.717) is 17.4 Å². The predicted molar refractivity (Wildman–Crippen MR) is 85.9 cm³/mol. The van der Waals surface area contributed by atoms with Crippen LogP contribution in [-0.4, -0.2) is 30.9 Å². The molecular weight excluding hydrogens is 300 g/mol. The van der Waals surface area contributed by atoms with Crippen molar-refractivity contribution in [2.24, 2.45) is 5.92 Å². The van der Waals surface area contributed by atoms with Crippen LogP contribution in [0.5, 0.6) is 5.75 Å². The minimum atomic E-state index is -0.888. The third-order valence-electron chi connectivity index (χ3n) is 3.76. The monoisotopic (exact) mass is 318 g/mol. The predicted octanol–water partition coefficient (Wildman–Crippen LogP) is 3.84. The number of aryl methyl sites for hydroxylation is 1. The zero-order valence-electron chi connectivity index (χ0n) is 12.4. The van der Waals surface area contributed by atoms with E-state index in [2.05, 4.69) is 0 Å². The smallest absolute Gasteiger partial charge is 0.345 e. The third-order valence-corrected chi connectivity index (χ3v) is 5.02. The molecule has 1 unspecified atom stereocenters. The van der Waals surface area contributed by atoms with Gasteiger partial charge in [-0.3, -0.25) is 0 Å². The first-order chi connectivity index (χ1) is 10.6. The highest BCUT2D eigenvalue weighted by Gasteiger charge is 2.19. The molecule has 2 heterocycles. The molecule has 1 atom stereocenters. The van der Waals surface area contributed by atoms with Gasteiger partial charge in [0.15, 0.2) is 0 Å². The van der Waals surface area contributed by atoms with Crippen LogP contribution in [0.4, 0.5) is 0 Å². The van der Waals surface area contributed by atoms with Crippen LogP contribution < -0.4 is 4.74 Å². The third kappa shape index (κ3) is 3.15. The number of carboxylic acids is 1. The van der Waals surface area contributed by atoms with Gasteiger partial charge >= 0.3 is 5.97 Å². The van der Waals surface area contributed by atoms with Crippen LogP contribution in [-0.2, 0) is 4.74 Å². The molecule has 0 aliphatic carbocycles. The van der Waals surface area contributed by atoms with Gasteiger partial charge in [0.2, 0.25) is 0 Å². The minimum Gasteiger partial charge on any atom is -0.493 e. The topological polar surface area (TPSA) is 55.8 Å². The fraction of sp³-hybridized carbons (Fsp3) is 0.353. The van der Waals surface area contributed by atoms with Crippen LogP contribution >= 0.6 is 11.3 Å². The largest absolute Gasteiger partial charge is 0.493 e. The fourth-order valence-corrected chi connectivity index (χ4v) is 3.60. The van der Waals surface area contributed by atoms with E-state index in [-0.39, 0.29) is 0 Å². The van der Waals surface area contributed by atoms with E-state index < -0.39 is 5.97 Å². The second kappa shape index (κ2) is 6.50. The molecule has 1 aromatic heterocycles. The molecule has 1 N–H and O–H groups in total. The molecule has 4 nitrogen and oxygen atoms in total. The van der Waals surface area contributed by atoms with Crippen molar-refractivity contribution < 1.29 is 19.4 Å². The van der Waals surface area contributed by atoms with E-state index in [1.54, 1.807) is 6.07 Å². The molecule has 0 saturated carbocycles. The lowest BCUT2D eigenvalue weighted by Crippen LogP contribution is -2.11. The zero-order chi connectivity index (χ0) is 15.5. The van der Waals surface area contributed by atoms with E-state index in [9.17, 15) is 4.79 Å². The Morgan fingerprint density at radius 2 is 2.27 bits per heavy atom. The Bertz CT molecular complexity index is 671. The molecule has 1 fully saturated rings. The number of hydrogen-bond acceptors (Lipinski definition) is 4. The number of carbonyl (C=O) groups is 1. The highest BCUT2D eigenvalue weighted by molar-refractivity contribution is 7.17. The lowest BCUT2D eigenvalue weighted by atomic mass is 10.1. The Hall–Kier alpha value is -1.85. The Labute approximate surface area is 133 Å². The van der Waals surface area contributed by atoms with E-state index in [4.69, 9.17) is 14.6 Å². The number of aromatic carboxylic acids is 1. The maximum Gasteiger partial charge on any atom is 0.345 e. The maximum atomic E-state index is 11.1. The van der Waals surface area contributed by atoms with Gasteiger partial charge in [0.25, 0.3) is 0 Å². The Balaban J connectivity index is 1.85. The molecule has 0 bridgehead atoms. The van der Waals surface area contributed by atoms with E-state index in [1.165, 1.54) is 11.3 Å². The van der Waals surface area contributed by atoms with E-state index in [0.717, 1.165) is 41.4 Å². The lowest BCUT2D eigenvalue weighted by Gasteiger charge is -2.13. The number of para-hydroxylation sites is 1. The quantitative estimate of drug-likeness (QED) is 0.910. The average molecular weight is 318 g/mol. The minimum absolute atomic E-state index is 0.353. The van der Waals surface area contributed by atoms with Gasteiger partial charge < -0.3 is 14.6 Å². The van der Waals surface area contributed by atoms with E-state index >= 15 is 0 Å². The van der Waals surface area contributed by atoms with Gasteiger partial charge in [0.1, 0.15) is 10.6 Å². The van der Waals surface area contributed by atoms with Crippen LogP contribution in [0.2, 0.25) is 0 Å². The Kier molecular flexibility index (Phi) is 4.45. The summed E-state index contributed by atoms with van der Waals surface area (Å²) in [5, 5.41) is 9.15. The van der Waals surface area contributed by atoms with Crippen LogP contribution in [0.15, 0.2) is 30.3 Å². The first-order valence-corrected chi connectivity index (χ1v) is 8.10. The molecule has 1 aliphatic rings. The van der Waals surface area contributed by atoms with Crippen molar-refractivity contribution >= 4 is 17.3 Å². The summed E-state index contributed by atoms with van der Waals surface area (Å²) in [6, 6.07) is 9.51. The summed E-state index contributed by atoms with van der Waals surface area (Å²) in [5.74, 6) is 0.351. The van der Waals surface area contributed by atoms with Gasteiger partial charge in [-0.2, -0.15) is 0 Å². The average Bonchev–Trinajstić information content (AvgIpc) is 3.15. The lowest BCUT2D eigenvalue weighted by molar-refractivity contribution is 0.0702. The van der Waals surface area contributed by atoms with Crippen molar-refractivity contribution in [1.29, 1.82) is 0 Å². The van der Waals surface area contributed by atoms with Crippen LogP contribution in [0.25, 0.3) is 10.4 Å². The summed E-state index contributed by atoms with van der Waals surface area (Å²) in [5.41, 5.74) is 1.92. The summed E-state index contributed by atoms with van der Waals surface area (Å²) in [7, 11) is 0. The first kappa shape index (κ1) is 15.1. The summed E-state index contributed by atoms with van der Waals surface area (Å²) in [4.78, 5) is 12.5. The molecule has 5 heteroatoms. The van der Waals surface area contributed by atoms with Gasteiger partial charge in [0.05, 0.1) is 13.2 Å². The summed E-state index contributed by atoms with van der Waals surface area (Å²) in [6.45, 7) is 4.12. The highest BCUT2D eigenvalue weighted by atomic mass is 32.1. The molecule has 116 valence electrons. The second-order valence-electron chi connectivity index (χ2n) is 5.46. The van der Waals surface area contributed by atoms with Crippen molar-refractivity contribution in [3.63, 3.8) is 0 Å². The number of thiophene rings is 1. The van der Waals surface area contributed by atoms with Crippen molar-refractivity contribution in [3.05, 3.63) is 40.8 Å². The molecule has 1 aliphatic heterocycles. The first-order valence-electron chi connectivity index (χ1n) is 7.29. The molecule has 0 amide bonds. The molecule has 1 aromatic carbocycles. The molecular formula is C17H18O4S. The number of carboxylic acid groups (broad SMARTS) is 1. The van der Waals surface area contributed by atoms with Crippen molar-refractivity contribution in [1.82, 2.24) is 0 Å². The maximum absolute atomic E-state index is 11.1. The van der Waals surface area contributed by atoms with Crippen LogP contribution in [0.3, 0.4) is 0 Å². The summed E-state index contributed by atoms with van der Waals surface area (Å²) < 4.78 is 11.3. The van der Waals surface area contributed by atoms with Gasteiger partial charge in [0, 0.05) is 23.0 Å². The second-order valence-corrected chi connectivity index (χ2v) is 6.52. The molecule has 3 rings (SSSR count). The zero-order valence-corrected chi connectivity index (χ0v) is 13.2. The SMILES string of the molecule is Cc1cc(C(=O)O)sc1-c1ccccc1OCC1CCOC1. The molecule has 1 saturated heterocycles. The normalized spacial score (nSPS) is 17.6. The van der Waals surface area contributed by atoms with E-state index in [1.807, 2.05) is 31.2 Å². The molecule has 0 radical (unpaired) electrons. The molecule has 22 heavy (non-hydrogen) atoms. The number of rotatable bonds is 5. The number of ether oxygens (including phenoxy) is 2. The van der Waals surface area contributed by atoms with Crippen LogP contribution in [0, 0.1) is 12.8 Å². The number of benzene rings is 1. The van der Waals surface area contributed by atoms with Gasteiger partial charge in [-0.15, -0.1) is 11.3 Å². The Morgan fingerprint density at radius 1 is 1.45 bits per heavy atom. The molecule has 2 aromatic rings. The van der Waals surface area contributed by atoms with Gasteiger partial charge in [-0.05, 0) is 37.1 Å². The van der Waals surface area contributed by atoms with Crippen LogP contribution in [0.1, 0.15) is 21.7 Å². The van der Waals surface area contributed by atoms with Crippen molar-refractivity contribution in [2.45, 2.75) is 13.3 Å². The standard InChI is InChI=1S/C17H18O4S/c1-11-8-15(17(18)19)22-16(11)13-4-2-3-5-14(13)21-10-12-6-7-20-9-12/h2-5,8,12H,6-7,9-10H2,1H3,(H,18,19). The summed E-state index contributed by atoms with van der Waals surface area (Å²) >= 11 is 1.29.